The van der Waals surface area contributed by atoms with Crippen LogP contribution in [0.25, 0.3) is 21.9 Å². The lowest BCUT2D eigenvalue weighted by atomic mass is 9.94. The van der Waals surface area contributed by atoms with Crippen LogP contribution >= 0.6 is 11.3 Å². The molecule has 2 N–H and O–H groups in total. The van der Waals surface area contributed by atoms with Gasteiger partial charge in [-0.25, -0.2) is 4.98 Å². The molecule has 0 radical (unpaired) electrons. The topological polar surface area (TPSA) is 61.3 Å². The third-order valence-corrected chi connectivity index (χ3v) is 5.34. The standard InChI is InChI=1S/C18H20N2O2S/c19-12-4-3-5-13(10-12)21-11-14-8-9-17(23-14)18-20-15-6-1-2-7-16(15)22-18/h1-2,6-9,12-13H,3-5,10-11,19H2. The molecule has 4 rings (SSSR count). The van der Waals surface area contributed by atoms with Crippen LogP contribution in [0.3, 0.4) is 0 Å². The number of ether oxygens (including phenoxy) is 1. The molecular formula is C18H20N2O2S. The number of para-hydroxylation sites is 2. The number of aromatic nitrogens is 1. The van der Waals surface area contributed by atoms with Gasteiger partial charge in [0, 0.05) is 10.9 Å². The number of rotatable bonds is 4. The van der Waals surface area contributed by atoms with Gasteiger partial charge in [-0.3, -0.25) is 0 Å². The number of oxazole rings is 1. The first-order chi connectivity index (χ1) is 11.3. The average Bonchev–Trinajstić information content (AvgIpc) is 3.19. The number of thiophene rings is 1. The van der Waals surface area contributed by atoms with E-state index < -0.39 is 0 Å². The largest absolute Gasteiger partial charge is 0.435 e. The maximum Gasteiger partial charge on any atom is 0.237 e. The van der Waals surface area contributed by atoms with Crippen LogP contribution in [-0.2, 0) is 11.3 Å². The molecule has 2 aromatic heterocycles. The first-order valence-corrected chi connectivity index (χ1v) is 8.91. The molecule has 0 aliphatic heterocycles. The Labute approximate surface area is 139 Å². The van der Waals surface area contributed by atoms with E-state index in [1.165, 1.54) is 11.3 Å². The van der Waals surface area contributed by atoms with E-state index >= 15 is 0 Å². The predicted molar refractivity (Wildman–Crippen MR) is 92.3 cm³/mol. The first-order valence-electron chi connectivity index (χ1n) is 8.10. The Hall–Kier alpha value is -1.69. The summed E-state index contributed by atoms with van der Waals surface area (Å²) in [4.78, 5) is 6.78. The van der Waals surface area contributed by atoms with Crippen LogP contribution in [0.5, 0.6) is 0 Å². The number of benzene rings is 1. The molecule has 0 saturated heterocycles. The van der Waals surface area contributed by atoms with Gasteiger partial charge in [0.1, 0.15) is 5.52 Å². The summed E-state index contributed by atoms with van der Waals surface area (Å²) < 4.78 is 11.8. The Balaban J connectivity index is 1.44. The molecular weight excluding hydrogens is 308 g/mol. The summed E-state index contributed by atoms with van der Waals surface area (Å²) in [5.74, 6) is 0.683. The van der Waals surface area contributed by atoms with Gasteiger partial charge in [-0.1, -0.05) is 12.1 Å². The normalized spacial score (nSPS) is 21.8. The maximum absolute atomic E-state index is 6.03. The van der Waals surface area contributed by atoms with Crippen molar-refractivity contribution >= 4 is 22.4 Å². The molecule has 1 saturated carbocycles. The highest BCUT2D eigenvalue weighted by Crippen LogP contribution is 2.31. The van der Waals surface area contributed by atoms with Crippen LogP contribution in [0.4, 0.5) is 0 Å². The monoisotopic (exact) mass is 328 g/mol. The van der Waals surface area contributed by atoms with Gasteiger partial charge >= 0.3 is 0 Å². The van der Waals surface area contributed by atoms with E-state index in [2.05, 4.69) is 17.1 Å². The first kappa shape index (κ1) is 14.9. The zero-order valence-corrected chi connectivity index (χ0v) is 13.7. The SMILES string of the molecule is NC1CCCC(OCc2ccc(-c3nc4ccccc4o3)s2)C1. The quantitative estimate of drug-likeness (QED) is 0.774. The zero-order chi connectivity index (χ0) is 15.6. The summed E-state index contributed by atoms with van der Waals surface area (Å²) in [6.45, 7) is 0.641. The van der Waals surface area contributed by atoms with Gasteiger partial charge < -0.3 is 14.9 Å². The molecule has 23 heavy (non-hydrogen) atoms. The Kier molecular flexibility index (Phi) is 4.16. The smallest absolute Gasteiger partial charge is 0.237 e. The van der Waals surface area contributed by atoms with Crippen LogP contribution in [0, 0.1) is 0 Å². The highest BCUT2D eigenvalue weighted by molar-refractivity contribution is 7.15. The fraction of sp³-hybridized carbons (Fsp3) is 0.389. The summed E-state index contributed by atoms with van der Waals surface area (Å²) in [6.07, 6.45) is 4.69. The van der Waals surface area contributed by atoms with Crippen molar-refractivity contribution in [2.45, 2.75) is 44.4 Å². The van der Waals surface area contributed by atoms with Gasteiger partial charge in [0.05, 0.1) is 17.6 Å². The van der Waals surface area contributed by atoms with Gasteiger partial charge in [-0.05, 0) is 49.9 Å². The number of hydrogen-bond donors (Lipinski definition) is 1. The Morgan fingerprint density at radius 1 is 1.22 bits per heavy atom. The second-order valence-corrected chi connectivity index (χ2v) is 7.28. The summed E-state index contributed by atoms with van der Waals surface area (Å²) in [5.41, 5.74) is 7.73. The molecule has 2 heterocycles. The van der Waals surface area contributed by atoms with Crippen molar-refractivity contribution in [1.82, 2.24) is 4.98 Å². The Bertz CT molecular complexity index is 762. The molecule has 1 aromatic carbocycles. The minimum Gasteiger partial charge on any atom is -0.435 e. The van der Waals surface area contributed by atoms with Crippen molar-refractivity contribution in [2.75, 3.05) is 0 Å². The lowest BCUT2D eigenvalue weighted by Crippen LogP contribution is -2.32. The zero-order valence-electron chi connectivity index (χ0n) is 12.9. The lowest BCUT2D eigenvalue weighted by Gasteiger charge is -2.26. The predicted octanol–water partition coefficient (Wildman–Crippen LogP) is 4.34. The maximum atomic E-state index is 6.03. The van der Waals surface area contributed by atoms with E-state index in [-0.39, 0.29) is 0 Å². The molecule has 1 fully saturated rings. The van der Waals surface area contributed by atoms with E-state index in [0.717, 1.165) is 35.2 Å². The van der Waals surface area contributed by atoms with Gasteiger partial charge in [-0.2, -0.15) is 0 Å². The molecule has 2 atom stereocenters. The number of fused-ring (bicyclic) bond motifs is 1. The van der Waals surface area contributed by atoms with Gasteiger partial charge in [0.2, 0.25) is 5.89 Å². The molecule has 0 amide bonds. The third kappa shape index (κ3) is 3.32. The highest BCUT2D eigenvalue weighted by Gasteiger charge is 2.20. The van der Waals surface area contributed by atoms with Gasteiger partial charge in [0.15, 0.2) is 5.58 Å². The van der Waals surface area contributed by atoms with Crippen LogP contribution < -0.4 is 5.73 Å². The molecule has 3 aromatic rings. The Morgan fingerprint density at radius 3 is 3.00 bits per heavy atom. The van der Waals surface area contributed by atoms with Gasteiger partial charge in [-0.15, -0.1) is 11.3 Å². The van der Waals surface area contributed by atoms with Crippen LogP contribution in [0.15, 0.2) is 40.8 Å². The van der Waals surface area contributed by atoms with E-state index in [9.17, 15) is 0 Å². The molecule has 5 heteroatoms. The van der Waals surface area contributed by atoms with Crippen LogP contribution in [0.1, 0.15) is 30.6 Å². The molecule has 1 aliphatic carbocycles. The van der Waals surface area contributed by atoms with Crippen molar-refractivity contribution < 1.29 is 9.15 Å². The van der Waals surface area contributed by atoms with Crippen molar-refractivity contribution in [1.29, 1.82) is 0 Å². The van der Waals surface area contributed by atoms with Crippen molar-refractivity contribution in [2.24, 2.45) is 5.73 Å². The van der Waals surface area contributed by atoms with Crippen LogP contribution in [-0.4, -0.2) is 17.1 Å². The summed E-state index contributed by atoms with van der Waals surface area (Å²) in [5, 5.41) is 0. The number of nitrogens with zero attached hydrogens (tertiary/aromatic N) is 1. The van der Waals surface area contributed by atoms with Gasteiger partial charge in [0.25, 0.3) is 0 Å². The molecule has 2 unspecified atom stereocenters. The molecule has 0 spiro atoms. The molecule has 120 valence electrons. The lowest BCUT2D eigenvalue weighted by molar-refractivity contribution is 0.0136. The second kappa shape index (κ2) is 6.43. The number of hydrogen-bond acceptors (Lipinski definition) is 5. The van der Waals surface area contributed by atoms with Crippen molar-refractivity contribution in [3.05, 3.63) is 41.3 Å². The fourth-order valence-electron chi connectivity index (χ4n) is 3.08. The summed E-state index contributed by atoms with van der Waals surface area (Å²) in [6, 6.07) is 12.3. The molecule has 4 nitrogen and oxygen atoms in total. The third-order valence-electron chi connectivity index (χ3n) is 4.29. The average molecular weight is 328 g/mol. The van der Waals surface area contributed by atoms with E-state index in [0.29, 0.717) is 24.6 Å². The molecule has 0 bridgehead atoms. The number of nitrogens with two attached hydrogens (primary N) is 1. The fourth-order valence-corrected chi connectivity index (χ4v) is 3.94. The summed E-state index contributed by atoms with van der Waals surface area (Å²) >= 11 is 1.68. The minimum absolute atomic E-state index is 0.299. The Morgan fingerprint density at radius 2 is 2.13 bits per heavy atom. The van der Waals surface area contributed by atoms with E-state index in [1.807, 2.05) is 24.3 Å². The van der Waals surface area contributed by atoms with E-state index in [4.69, 9.17) is 14.9 Å². The second-order valence-electron chi connectivity index (χ2n) is 6.11. The van der Waals surface area contributed by atoms with Crippen LogP contribution in [0.2, 0.25) is 0 Å². The highest BCUT2D eigenvalue weighted by atomic mass is 32.1. The van der Waals surface area contributed by atoms with Crippen molar-refractivity contribution in [3.63, 3.8) is 0 Å². The van der Waals surface area contributed by atoms with Crippen molar-refractivity contribution in [3.8, 4) is 10.8 Å². The summed E-state index contributed by atoms with van der Waals surface area (Å²) in [7, 11) is 0. The molecule has 1 aliphatic rings. The van der Waals surface area contributed by atoms with E-state index in [1.54, 1.807) is 11.3 Å². The minimum atomic E-state index is 0.299.